The minimum absolute atomic E-state index is 0.0617. The molecule has 0 aliphatic carbocycles. The van der Waals surface area contributed by atoms with E-state index in [9.17, 15) is 4.79 Å². The average Bonchev–Trinajstić information content (AvgIpc) is 3.03. The van der Waals surface area contributed by atoms with Gasteiger partial charge in [0.2, 0.25) is 0 Å². The molecule has 1 rings (SSSR count). The molecule has 1 atom stereocenters. The van der Waals surface area contributed by atoms with Crippen LogP contribution in [0.1, 0.15) is 72.1 Å². The summed E-state index contributed by atoms with van der Waals surface area (Å²) in [5, 5.41) is 0. The number of unbranched alkanes of at least 4 members (excludes halogenated alkanes) is 5. The summed E-state index contributed by atoms with van der Waals surface area (Å²) in [6, 6.07) is 0. The van der Waals surface area contributed by atoms with E-state index in [2.05, 4.69) is 0 Å². The molecule has 0 N–H and O–H groups in total. The zero-order valence-corrected chi connectivity index (χ0v) is 12.2. The molecular formula is C15H28O3. The van der Waals surface area contributed by atoms with Crippen molar-refractivity contribution in [2.45, 2.75) is 83.8 Å². The normalized spacial score (nSPS) is 18.7. The first-order valence-corrected chi connectivity index (χ1v) is 7.31. The third-order valence-corrected chi connectivity index (χ3v) is 2.98. The summed E-state index contributed by atoms with van der Waals surface area (Å²) in [4.78, 5) is 11.4. The Kier molecular flexibility index (Phi) is 6.69. The standard InChI is InChI=1S/C15H28O3/c1-15(2,3)18-14(16)11-9-7-5-4-6-8-10-13-12-17-13/h13H,4-12H2,1-3H3. The van der Waals surface area contributed by atoms with Crippen molar-refractivity contribution in [2.75, 3.05) is 6.61 Å². The number of ether oxygens (including phenoxy) is 2. The summed E-state index contributed by atoms with van der Waals surface area (Å²) in [7, 11) is 0. The molecule has 1 heterocycles. The maximum atomic E-state index is 11.4. The van der Waals surface area contributed by atoms with Crippen molar-refractivity contribution in [3.8, 4) is 0 Å². The SMILES string of the molecule is CC(C)(C)OC(=O)CCCCCCCCC1CO1. The molecule has 0 amide bonds. The quantitative estimate of drug-likeness (QED) is 0.357. The molecule has 1 aliphatic heterocycles. The van der Waals surface area contributed by atoms with Gasteiger partial charge in [-0.3, -0.25) is 4.79 Å². The third-order valence-electron chi connectivity index (χ3n) is 2.98. The predicted octanol–water partition coefficient (Wildman–Crippen LogP) is 3.85. The Morgan fingerprint density at radius 2 is 1.67 bits per heavy atom. The Labute approximate surface area is 111 Å². The number of epoxide rings is 1. The van der Waals surface area contributed by atoms with Crippen molar-refractivity contribution in [3.05, 3.63) is 0 Å². The average molecular weight is 256 g/mol. The molecule has 0 aromatic heterocycles. The minimum Gasteiger partial charge on any atom is -0.460 e. The van der Waals surface area contributed by atoms with Crippen molar-refractivity contribution >= 4 is 5.97 Å². The molecule has 106 valence electrons. The monoisotopic (exact) mass is 256 g/mol. The second-order valence-corrected chi connectivity index (χ2v) is 6.20. The first kappa shape index (κ1) is 15.5. The molecule has 0 radical (unpaired) electrons. The number of carbonyl (C=O) groups is 1. The number of rotatable bonds is 9. The lowest BCUT2D eigenvalue weighted by Gasteiger charge is -2.19. The first-order chi connectivity index (χ1) is 8.47. The van der Waals surface area contributed by atoms with Crippen LogP contribution in [0.15, 0.2) is 0 Å². The zero-order valence-electron chi connectivity index (χ0n) is 12.2. The molecule has 0 spiro atoms. The molecule has 3 heteroatoms. The van der Waals surface area contributed by atoms with E-state index in [-0.39, 0.29) is 11.6 Å². The molecule has 1 fully saturated rings. The van der Waals surface area contributed by atoms with Crippen LogP contribution in [-0.2, 0) is 14.3 Å². The van der Waals surface area contributed by atoms with Crippen molar-refractivity contribution in [1.29, 1.82) is 0 Å². The van der Waals surface area contributed by atoms with Gasteiger partial charge in [0.15, 0.2) is 0 Å². The van der Waals surface area contributed by atoms with Crippen molar-refractivity contribution in [2.24, 2.45) is 0 Å². The van der Waals surface area contributed by atoms with E-state index in [0.717, 1.165) is 19.4 Å². The summed E-state index contributed by atoms with van der Waals surface area (Å²) in [5.41, 5.74) is -0.345. The fourth-order valence-electron chi connectivity index (χ4n) is 1.98. The molecule has 0 aromatic carbocycles. The third kappa shape index (κ3) is 9.46. The van der Waals surface area contributed by atoms with E-state index in [1.54, 1.807) is 0 Å². The predicted molar refractivity (Wildman–Crippen MR) is 72.5 cm³/mol. The van der Waals surface area contributed by atoms with Crippen LogP contribution in [0, 0.1) is 0 Å². The lowest BCUT2D eigenvalue weighted by Crippen LogP contribution is -2.23. The number of esters is 1. The van der Waals surface area contributed by atoms with E-state index < -0.39 is 0 Å². The van der Waals surface area contributed by atoms with E-state index in [0.29, 0.717) is 12.5 Å². The highest BCUT2D eigenvalue weighted by molar-refractivity contribution is 5.69. The van der Waals surface area contributed by atoms with Crippen LogP contribution in [0.4, 0.5) is 0 Å². The lowest BCUT2D eigenvalue weighted by atomic mass is 10.1. The fourth-order valence-corrected chi connectivity index (χ4v) is 1.98. The molecule has 1 aliphatic rings. The molecule has 0 bridgehead atoms. The van der Waals surface area contributed by atoms with Gasteiger partial charge < -0.3 is 9.47 Å². The van der Waals surface area contributed by atoms with Gasteiger partial charge in [0.1, 0.15) is 5.60 Å². The van der Waals surface area contributed by atoms with Gasteiger partial charge in [-0.25, -0.2) is 0 Å². The first-order valence-electron chi connectivity index (χ1n) is 7.31. The van der Waals surface area contributed by atoms with E-state index in [4.69, 9.17) is 9.47 Å². The number of carbonyl (C=O) groups excluding carboxylic acids is 1. The molecular weight excluding hydrogens is 228 g/mol. The largest absolute Gasteiger partial charge is 0.460 e. The van der Waals surface area contributed by atoms with Gasteiger partial charge in [0.25, 0.3) is 0 Å². The smallest absolute Gasteiger partial charge is 0.306 e. The van der Waals surface area contributed by atoms with Gasteiger partial charge in [0, 0.05) is 6.42 Å². The maximum Gasteiger partial charge on any atom is 0.306 e. The maximum absolute atomic E-state index is 11.4. The van der Waals surface area contributed by atoms with Crippen LogP contribution in [0.25, 0.3) is 0 Å². The van der Waals surface area contributed by atoms with Crippen LogP contribution in [-0.4, -0.2) is 24.3 Å². The minimum atomic E-state index is -0.345. The highest BCUT2D eigenvalue weighted by Gasteiger charge is 2.20. The fraction of sp³-hybridized carbons (Fsp3) is 0.933. The van der Waals surface area contributed by atoms with Crippen LogP contribution in [0.2, 0.25) is 0 Å². The van der Waals surface area contributed by atoms with Gasteiger partial charge in [-0.15, -0.1) is 0 Å². The molecule has 1 unspecified atom stereocenters. The van der Waals surface area contributed by atoms with Crippen molar-refractivity contribution in [3.63, 3.8) is 0 Å². The van der Waals surface area contributed by atoms with Crippen LogP contribution in [0.3, 0.4) is 0 Å². The molecule has 1 saturated heterocycles. The lowest BCUT2D eigenvalue weighted by molar-refractivity contribution is -0.154. The summed E-state index contributed by atoms with van der Waals surface area (Å²) in [5.74, 6) is -0.0617. The van der Waals surface area contributed by atoms with E-state index >= 15 is 0 Å². The second-order valence-electron chi connectivity index (χ2n) is 6.20. The topological polar surface area (TPSA) is 38.8 Å². The van der Waals surface area contributed by atoms with Gasteiger partial charge in [-0.05, 0) is 33.6 Å². The van der Waals surface area contributed by atoms with E-state index in [1.807, 2.05) is 20.8 Å². The highest BCUT2D eigenvalue weighted by atomic mass is 16.6. The van der Waals surface area contributed by atoms with Gasteiger partial charge in [0.05, 0.1) is 12.7 Å². The summed E-state index contributed by atoms with van der Waals surface area (Å²) in [6.07, 6.45) is 9.57. The Morgan fingerprint density at radius 3 is 2.22 bits per heavy atom. The Morgan fingerprint density at radius 1 is 1.11 bits per heavy atom. The Balaban J connectivity index is 1.81. The second kappa shape index (κ2) is 7.78. The van der Waals surface area contributed by atoms with Gasteiger partial charge >= 0.3 is 5.97 Å². The summed E-state index contributed by atoms with van der Waals surface area (Å²) >= 11 is 0. The molecule has 18 heavy (non-hydrogen) atoms. The molecule has 0 saturated carbocycles. The van der Waals surface area contributed by atoms with Crippen molar-refractivity contribution in [1.82, 2.24) is 0 Å². The highest BCUT2D eigenvalue weighted by Crippen LogP contribution is 2.18. The number of hydrogen-bond acceptors (Lipinski definition) is 3. The van der Waals surface area contributed by atoms with E-state index in [1.165, 1.54) is 32.1 Å². The summed E-state index contributed by atoms with van der Waals surface area (Å²) in [6.45, 7) is 6.72. The van der Waals surface area contributed by atoms with Crippen LogP contribution in [0.5, 0.6) is 0 Å². The van der Waals surface area contributed by atoms with Crippen LogP contribution >= 0.6 is 0 Å². The summed E-state index contributed by atoms with van der Waals surface area (Å²) < 4.78 is 10.4. The Bertz CT molecular complexity index is 239. The zero-order chi connectivity index (χ0) is 13.4. The van der Waals surface area contributed by atoms with Gasteiger partial charge in [-0.2, -0.15) is 0 Å². The molecule has 3 nitrogen and oxygen atoms in total. The van der Waals surface area contributed by atoms with Gasteiger partial charge in [-0.1, -0.05) is 32.1 Å². The number of hydrogen-bond donors (Lipinski definition) is 0. The Hall–Kier alpha value is -0.570. The van der Waals surface area contributed by atoms with Crippen molar-refractivity contribution < 1.29 is 14.3 Å². The molecule has 0 aromatic rings. The van der Waals surface area contributed by atoms with Crippen LogP contribution < -0.4 is 0 Å².